The van der Waals surface area contributed by atoms with Crippen molar-refractivity contribution in [2.24, 2.45) is 0 Å². The van der Waals surface area contributed by atoms with Gasteiger partial charge in [0, 0.05) is 12.4 Å². The molecule has 0 radical (unpaired) electrons. The van der Waals surface area contributed by atoms with Gasteiger partial charge in [0.25, 0.3) is 5.91 Å². The van der Waals surface area contributed by atoms with Crippen molar-refractivity contribution in [1.29, 1.82) is 0 Å². The summed E-state index contributed by atoms with van der Waals surface area (Å²) < 4.78 is 0. The summed E-state index contributed by atoms with van der Waals surface area (Å²) in [5, 5.41) is 11.7. The molecule has 0 saturated heterocycles. The van der Waals surface area contributed by atoms with E-state index in [1.54, 1.807) is 25.4 Å². The van der Waals surface area contributed by atoms with Gasteiger partial charge in [0.05, 0.1) is 5.69 Å². The number of aliphatic carboxylic acids is 1. The predicted molar refractivity (Wildman–Crippen MR) is 72.4 cm³/mol. The molecule has 2 aromatic heterocycles. The SMILES string of the molecule is Cc1nc(-c2ncccn2)sc1C(=O)NC(C)C(=O)O. The third kappa shape index (κ3) is 2.97. The van der Waals surface area contributed by atoms with E-state index >= 15 is 0 Å². The molecule has 104 valence electrons. The number of carboxylic acids is 1. The third-order valence-electron chi connectivity index (χ3n) is 2.48. The summed E-state index contributed by atoms with van der Waals surface area (Å²) in [5.41, 5.74) is 0.521. The van der Waals surface area contributed by atoms with Gasteiger partial charge in [0.1, 0.15) is 10.9 Å². The third-order valence-corrected chi connectivity index (χ3v) is 3.63. The Bertz CT molecular complexity index is 641. The molecule has 2 rings (SSSR count). The fraction of sp³-hybridized carbons (Fsp3) is 0.250. The van der Waals surface area contributed by atoms with Gasteiger partial charge in [-0.05, 0) is 19.9 Å². The van der Waals surface area contributed by atoms with Crippen molar-refractivity contribution in [3.63, 3.8) is 0 Å². The van der Waals surface area contributed by atoms with E-state index < -0.39 is 17.9 Å². The van der Waals surface area contributed by atoms with Gasteiger partial charge in [-0.2, -0.15) is 0 Å². The van der Waals surface area contributed by atoms with Crippen molar-refractivity contribution in [2.45, 2.75) is 19.9 Å². The molecule has 1 atom stereocenters. The number of aryl methyl sites for hydroxylation is 1. The molecule has 1 amide bonds. The van der Waals surface area contributed by atoms with E-state index in [0.717, 1.165) is 11.3 Å². The Labute approximate surface area is 118 Å². The maximum atomic E-state index is 12.0. The van der Waals surface area contributed by atoms with Crippen LogP contribution in [0.5, 0.6) is 0 Å². The van der Waals surface area contributed by atoms with Crippen LogP contribution in [0.25, 0.3) is 10.8 Å². The van der Waals surface area contributed by atoms with E-state index in [0.29, 0.717) is 21.4 Å². The lowest BCUT2D eigenvalue weighted by Gasteiger charge is -2.07. The first-order chi connectivity index (χ1) is 9.49. The van der Waals surface area contributed by atoms with Gasteiger partial charge < -0.3 is 10.4 Å². The van der Waals surface area contributed by atoms with Crippen molar-refractivity contribution >= 4 is 23.2 Å². The first-order valence-electron chi connectivity index (χ1n) is 5.77. The number of nitrogens with zero attached hydrogens (tertiary/aromatic N) is 3. The predicted octanol–water partition coefficient (Wildman–Crippen LogP) is 1.11. The molecule has 0 fully saturated rings. The standard InChI is InChI=1S/C12H12N4O3S/c1-6-8(10(17)15-7(2)12(18)19)20-11(16-6)9-13-4-3-5-14-9/h3-5,7H,1-2H3,(H,15,17)(H,18,19). The molecule has 2 N–H and O–H groups in total. The number of amides is 1. The summed E-state index contributed by atoms with van der Waals surface area (Å²) in [6, 6.07) is 0.729. The Morgan fingerprint density at radius 1 is 1.35 bits per heavy atom. The Kier molecular flexibility index (Phi) is 4.04. The van der Waals surface area contributed by atoms with Crippen LogP contribution in [0.15, 0.2) is 18.5 Å². The average molecular weight is 292 g/mol. The Morgan fingerprint density at radius 2 is 2.00 bits per heavy atom. The minimum Gasteiger partial charge on any atom is -0.480 e. The molecule has 7 nitrogen and oxygen atoms in total. The van der Waals surface area contributed by atoms with E-state index in [1.165, 1.54) is 6.92 Å². The van der Waals surface area contributed by atoms with Crippen LogP contribution in [0.2, 0.25) is 0 Å². The van der Waals surface area contributed by atoms with Crippen molar-refractivity contribution < 1.29 is 14.7 Å². The number of nitrogens with one attached hydrogen (secondary N) is 1. The van der Waals surface area contributed by atoms with Crippen LogP contribution in [0.3, 0.4) is 0 Å². The van der Waals surface area contributed by atoms with E-state index in [9.17, 15) is 9.59 Å². The van der Waals surface area contributed by atoms with Crippen LogP contribution in [0.4, 0.5) is 0 Å². The fourth-order valence-electron chi connectivity index (χ4n) is 1.44. The Hall–Kier alpha value is -2.35. The smallest absolute Gasteiger partial charge is 0.325 e. The number of carboxylic acid groups (broad SMARTS) is 1. The van der Waals surface area contributed by atoms with Gasteiger partial charge in [-0.25, -0.2) is 15.0 Å². The van der Waals surface area contributed by atoms with Crippen LogP contribution >= 0.6 is 11.3 Å². The molecule has 8 heteroatoms. The van der Waals surface area contributed by atoms with E-state index in [2.05, 4.69) is 20.3 Å². The molecular formula is C12H12N4O3S. The number of rotatable bonds is 4. The van der Waals surface area contributed by atoms with Crippen molar-refractivity contribution in [3.05, 3.63) is 29.0 Å². The van der Waals surface area contributed by atoms with E-state index in [1.807, 2.05) is 0 Å². The topological polar surface area (TPSA) is 105 Å². The number of carbonyl (C=O) groups excluding carboxylic acids is 1. The second kappa shape index (κ2) is 5.74. The average Bonchev–Trinajstić information content (AvgIpc) is 2.81. The molecule has 0 aliphatic carbocycles. The summed E-state index contributed by atoms with van der Waals surface area (Å²) in [6.45, 7) is 3.08. The van der Waals surface area contributed by atoms with Gasteiger partial charge >= 0.3 is 5.97 Å². The van der Waals surface area contributed by atoms with Gasteiger partial charge in [-0.1, -0.05) is 0 Å². The summed E-state index contributed by atoms with van der Waals surface area (Å²) in [7, 11) is 0. The highest BCUT2D eigenvalue weighted by atomic mass is 32.1. The monoisotopic (exact) mass is 292 g/mol. The Morgan fingerprint density at radius 3 is 2.60 bits per heavy atom. The summed E-state index contributed by atoms with van der Waals surface area (Å²) in [5.74, 6) is -1.12. The van der Waals surface area contributed by atoms with Crippen LogP contribution in [-0.2, 0) is 4.79 Å². The number of carbonyl (C=O) groups is 2. The van der Waals surface area contributed by atoms with Gasteiger partial charge in [-0.15, -0.1) is 11.3 Å². The lowest BCUT2D eigenvalue weighted by atomic mass is 10.3. The molecule has 0 saturated carbocycles. The summed E-state index contributed by atoms with van der Waals surface area (Å²) in [4.78, 5) is 35.4. The minimum atomic E-state index is -1.09. The van der Waals surface area contributed by atoms with Crippen molar-refractivity contribution in [2.75, 3.05) is 0 Å². The molecule has 2 heterocycles. The quantitative estimate of drug-likeness (QED) is 0.874. The van der Waals surface area contributed by atoms with Crippen LogP contribution in [-0.4, -0.2) is 38.0 Å². The number of thiazole rings is 1. The zero-order valence-electron chi connectivity index (χ0n) is 10.8. The first kappa shape index (κ1) is 14.1. The normalized spacial score (nSPS) is 11.9. The van der Waals surface area contributed by atoms with Gasteiger partial charge in [-0.3, -0.25) is 9.59 Å². The number of hydrogen-bond acceptors (Lipinski definition) is 6. The largest absolute Gasteiger partial charge is 0.480 e. The fourth-order valence-corrected chi connectivity index (χ4v) is 2.35. The zero-order chi connectivity index (χ0) is 14.7. The molecule has 0 bridgehead atoms. The van der Waals surface area contributed by atoms with Crippen molar-refractivity contribution in [1.82, 2.24) is 20.3 Å². The second-order valence-electron chi connectivity index (χ2n) is 4.04. The molecule has 0 aliphatic heterocycles. The van der Waals surface area contributed by atoms with E-state index in [-0.39, 0.29) is 0 Å². The molecule has 0 spiro atoms. The van der Waals surface area contributed by atoms with Crippen LogP contribution < -0.4 is 5.32 Å². The summed E-state index contributed by atoms with van der Waals surface area (Å²) in [6.07, 6.45) is 3.18. The lowest BCUT2D eigenvalue weighted by Crippen LogP contribution is -2.38. The highest BCUT2D eigenvalue weighted by Gasteiger charge is 2.21. The highest BCUT2D eigenvalue weighted by Crippen LogP contribution is 2.25. The molecular weight excluding hydrogens is 280 g/mol. The molecule has 1 unspecified atom stereocenters. The first-order valence-corrected chi connectivity index (χ1v) is 6.59. The van der Waals surface area contributed by atoms with Crippen molar-refractivity contribution in [3.8, 4) is 10.8 Å². The number of aromatic nitrogens is 3. The number of hydrogen-bond donors (Lipinski definition) is 2. The van der Waals surface area contributed by atoms with Crippen LogP contribution in [0.1, 0.15) is 22.3 Å². The van der Waals surface area contributed by atoms with E-state index in [4.69, 9.17) is 5.11 Å². The highest BCUT2D eigenvalue weighted by molar-refractivity contribution is 7.17. The summed E-state index contributed by atoms with van der Waals surface area (Å²) >= 11 is 1.13. The minimum absolute atomic E-state index is 0.362. The Balaban J connectivity index is 2.24. The zero-order valence-corrected chi connectivity index (χ0v) is 11.6. The lowest BCUT2D eigenvalue weighted by molar-refractivity contribution is -0.138. The maximum Gasteiger partial charge on any atom is 0.325 e. The second-order valence-corrected chi connectivity index (χ2v) is 5.04. The molecule has 2 aromatic rings. The molecule has 0 aliphatic rings. The maximum absolute atomic E-state index is 12.0. The van der Waals surface area contributed by atoms with Crippen LogP contribution in [0, 0.1) is 6.92 Å². The van der Waals surface area contributed by atoms with Gasteiger partial charge in [0.2, 0.25) is 0 Å². The van der Waals surface area contributed by atoms with Gasteiger partial charge in [0.15, 0.2) is 10.8 Å². The molecule has 0 aromatic carbocycles. The molecule has 20 heavy (non-hydrogen) atoms.